The molecule has 1 aliphatic heterocycles. The number of hydrogen-bond donors (Lipinski definition) is 0. The van der Waals surface area contributed by atoms with Gasteiger partial charge in [-0.2, -0.15) is 0 Å². The molecular formula is C26H28F2N6. The van der Waals surface area contributed by atoms with Gasteiger partial charge < -0.3 is 14.4 Å². The van der Waals surface area contributed by atoms with Crippen molar-refractivity contribution in [2.45, 2.75) is 19.9 Å². The molecule has 2 aromatic carbocycles. The Morgan fingerprint density at radius 2 is 1.56 bits per heavy atom. The molecule has 176 valence electrons. The summed E-state index contributed by atoms with van der Waals surface area (Å²) in [5.41, 5.74) is 4.00. The summed E-state index contributed by atoms with van der Waals surface area (Å²) in [5.74, 6) is -1.08. The fourth-order valence-electron chi connectivity index (χ4n) is 4.40. The van der Waals surface area contributed by atoms with E-state index in [1.807, 2.05) is 15.3 Å². The zero-order valence-electron chi connectivity index (χ0n) is 19.6. The highest BCUT2D eigenvalue weighted by molar-refractivity contribution is 5.76. The molecule has 0 saturated carbocycles. The van der Waals surface area contributed by atoms with Crippen molar-refractivity contribution in [2.75, 3.05) is 38.1 Å². The van der Waals surface area contributed by atoms with Gasteiger partial charge >= 0.3 is 0 Å². The minimum atomic E-state index is -0.898. The highest BCUT2D eigenvalue weighted by atomic mass is 19.2. The van der Waals surface area contributed by atoms with Crippen LogP contribution in [0.1, 0.15) is 19.9 Å². The van der Waals surface area contributed by atoms with Gasteiger partial charge in [-0.3, -0.25) is 4.57 Å². The fraction of sp³-hybridized carbons (Fsp3) is 0.308. The predicted molar refractivity (Wildman–Crippen MR) is 130 cm³/mol. The van der Waals surface area contributed by atoms with Gasteiger partial charge in [-0.15, -0.1) is 0 Å². The molecule has 0 unspecified atom stereocenters. The van der Waals surface area contributed by atoms with Crippen molar-refractivity contribution >= 4 is 5.69 Å². The van der Waals surface area contributed by atoms with Crippen LogP contribution in [0, 0.1) is 11.6 Å². The molecule has 0 atom stereocenters. The molecule has 0 N–H and O–H groups in total. The highest BCUT2D eigenvalue weighted by Crippen LogP contribution is 2.34. The molecule has 0 spiro atoms. The number of piperazine rings is 1. The van der Waals surface area contributed by atoms with E-state index in [9.17, 15) is 8.78 Å². The van der Waals surface area contributed by atoms with Gasteiger partial charge in [-0.25, -0.2) is 18.7 Å². The van der Waals surface area contributed by atoms with Gasteiger partial charge in [-0.1, -0.05) is 0 Å². The van der Waals surface area contributed by atoms with Gasteiger partial charge in [0.05, 0.1) is 12.0 Å². The summed E-state index contributed by atoms with van der Waals surface area (Å²) in [5, 5.41) is 0. The Labute approximate surface area is 198 Å². The first kappa shape index (κ1) is 22.3. The van der Waals surface area contributed by atoms with Gasteiger partial charge in [0.15, 0.2) is 17.5 Å². The Morgan fingerprint density at radius 1 is 0.853 bits per heavy atom. The fourth-order valence-corrected chi connectivity index (χ4v) is 4.40. The average Bonchev–Trinajstić information content (AvgIpc) is 3.48. The van der Waals surface area contributed by atoms with Crippen LogP contribution in [0.4, 0.5) is 14.5 Å². The zero-order chi connectivity index (χ0) is 23.8. The third kappa shape index (κ3) is 4.09. The number of anilines is 1. The van der Waals surface area contributed by atoms with E-state index < -0.39 is 11.6 Å². The van der Waals surface area contributed by atoms with E-state index in [1.54, 1.807) is 18.6 Å². The molecule has 6 nitrogen and oxygen atoms in total. The predicted octanol–water partition coefficient (Wildman–Crippen LogP) is 5.01. The molecule has 2 aromatic heterocycles. The molecule has 8 heteroatoms. The van der Waals surface area contributed by atoms with Crippen molar-refractivity contribution in [3.05, 3.63) is 72.8 Å². The summed E-state index contributed by atoms with van der Waals surface area (Å²) in [6.45, 7) is 8.24. The molecule has 1 aliphatic rings. The van der Waals surface area contributed by atoms with Crippen molar-refractivity contribution in [1.82, 2.24) is 24.0 Å². The quantitative estimate of drug-likeness (QED) is 0.418. The highest BCUT2D eigenvalue weighted by Gasteiger charge is 2.22. The third-order valence-corrected chi connectivity index (χ3v) is 6.39. The van der Waals surface area contributed by atoms with Crippen LogP contribution in [0.2, 0.25) is 0 Å². The smallest absolute Gasteiger partial charge is 0.163 e. The first-order valence-electron chi connectivity index (χ1n) is 11.5. The van der Waals surface area contributed by atoms with Crippen LogP contribution < -0.4 is 4.90 Å². The molecule has 0 amide bonds. The minimum absolute atomic E-state index is 0.103. The normalized spacial score (nSPS) is 14.8. The summed E-state index contributed by atoms with van der Waals surface area (Å²) >= 11 is 0. The second-order valence-electron chi connectivity index (χ2n) is 9.00. The summed E-state index contributed by atoms with van der Waals surface area (Å²) in [6.07, 6.45) is 5.38. The SMILES string of the molecule is CC(C)n1cnc(-c2ccc(F)c(F)c2)c1-c1nccn1-c1ccc(N2CCN(C)CC2)cc1. The lowest BCUT2D eigenvalue weighted by Crippen LogP contribution is -2.44. The third-order valence-electron chi connectivity index (χ3n) is 6.39. The van der Waals surface area contributed by atoms with Crippen molar-refractivity contribution < 1.29 is 8.78 Å². The number of hydrogen-bond acceptors (Lipinski definition) is 4. The lowest BCUT2D eigenvalue weighted by Gasteiger charge is -2.34. The van der Waals surface area contributed by atoms with Crippen LogP contribution in [-0.4, -0.2) is 57.2 Å². The van der Waals surface area contributed by atoms with Gasteiger partial charge in [-0.05, 0) is 63.4 Å². The summed E-state index contributed by atoms with van der Waals surface area (Å²) in [4.78, 5) is 13.9. The zero-order valence-corrected chi connectivity index (χ0v) is 19.6. The van der Waals surface area contributed by atoms with Crippen LogP contribution >= 0.6 is 0 Å². The van der Waals surface area contributed by atoms with E-state index in [-0.39, 0.29) is 6.04 Å². The number of imidazole rings is 2. The molecule has 4 aromatic rings. The molecule has 34 heavy (non-hydrogen) atoms. The number of nitrogens with zero attached hydrogens (tertiary/aromatic N) is 6. The molecular weight excluding hydrogens is 434 g/mol. The Bertz CT molecular complexity index is 1280. The van der Waals surface area contributed by atoms with Gasteiger partial charge in [0.1, 0.15) is 5.69 Å². The maximum Gasteiger partial charge on any atom is 0.163 e. The number of benzene rings is 2. The standard InChI is InChI=1S/C26H28F2N6/c1-18(2)34-17-30-24(19-4-9-22(27)23(28)16-19)25(34)26-29-10-11-33(26)21-7-5-20(6-8-21)32-14-12-31(3)13-15-32/h4-11,16-18H,12-15H2,1-3H3. The lowest BCUT2D eigenvalue weighted by atomic mass is 10.1. The van der Waals surface area contributed by atoms with E-state index >= 15 is 0 Å². The summed E-state index contributed by atoms with van der Waals surface area (Å²) < 4.78 is 31.6. The number of rotatable bonds is 5. The van der Waals surface area contributed by atoms with E-state index in [0.29, 0.717) is 17.1 Å². The maximum atomic E-state index is 14.0. The van der Waals surface area contributed by atoms with Crippen molar-refractivity contribution in [3.63, 3.8) is 0 Å². The molecule has 1 saturated heterocycles. The second kappa shape index (κ2) is 9.02. The molecule has 0 bridgehead atoms. The van der Waals surface area contributed by atoms with Crippen LogP contribution in [-0.2, 0) is 0 Å². The monoisotopic (exact) mass is 462 g/mol. The number of aromatic nitrogens is 4. The summed E-state index contributed by atoms with van der Waals surface area (Å²) in [6, 6.07) is 12.4. The maximum absolute atomic E-state index is 14.0. The molecule has 0 aliphatic carbocycles. The van der Waals surface area contributed by atoms with Crippen LogP contribution in [0.5, 0.6) is 0 Å². The van der Waals surface area contributed by atoms with Crippen molar-refractivity contribution in [1.29, 1.82) is 0 Å². The van der Waals surface area contributed by atoms with Crippen LogP contribution in [0.15, 0.2) is 61.2 Å². The van der Waals surface area contributed by atoms with Crippen LogP contribution in [0.25, 0.3) is 28.5 Å². The van der Waals surface area contributed by atoms with Gasteiger partial charge in [0.25, 0.3) is 0 Å². The summed E-state index contributed by atoms with van der Waals surface area (Å²) in [7, 11) is 2.15. The van der Waals surface area contributed by atoms with E-state index in [4.69, 9.17) is 0 Å². The van der Waals surface area contributed by atoms with Crippen LogP contribution in [0.3, 0.4) is 0 Å². The van der Waals surface area contributed by atoms with E-state index in [2.05, 4.69) is 64.9 Å². The number of likely N-dealkylation sites (N-methyl/N-ethyl adjacent to an activating group) is 1. The minimum Gasteiger partial charge on any atom is -0.369 e. The Hall–Kier alpha value is -3.52. The number of halogens is 2. The second-order valence-corrected chi connectivity index (χ2v) is 9.00. The van der Waals surface area contributed by atoms with Gasteiger partial charge in [0, 0.05) is 61.6 Å². The first-order chi connectivity index (χ1) is 16.4. The Kier molecular flexibility index (Phi) is 5.91. The topological polar surface area (TPSA) is 42.1 Å². The first-order valence-corrected chi connectivity index (χ1v) is 11.5. The van der Waals surface area contributed by atoms with Crippen molar-refractivity contribution in [3.8, 4) is 28.5 Å². The van der Waals surface area contributed by atoms with Crippen molar-refractivity contribution in [2.24, 2.45) is 0 Å². The van der Waals surface area contributed by atoms with Gasteiger partial charge in [0.2, 0.25) is 0 Å². The molecule has 5 rings (SSSR count). The molecule has 3 heterocycles. The average molecular weight is 463 g/mol. The lowest BCUT2D eigenvalue weighted by molar-refractivity contribution is 0.313. The van der Waals surface area contributed by atoms with E-state index in [1.165, 1.54) is 11.8 Å². The largest absolute Gasteiger partial charge is 0.369 e. The molecule has 0 radical (unpaired) electrons. The Balaban J connectivity index is 1.54. The molecule has 1 fully saturated rings. The van der Waals surface area contributed by atoms with E-state index in [0.717, 1.165) is 43.6 Å². The Morgan fingerprint density at radius 3 is 2.24 bits per heavy atom.